The second kappa shape index (κ2) is 11.9. The normalized spacial score (nSPS) is 11.9. The third-order valence-corrected chi connectivity index (χ3v) is 6.08. The molecular weight excluding hydrogens is 464 g/mol. The fourth-order valence-corrected chi connectivity index (χ4v) is 4.40. The van der Waals surface area contributed by atoms with Gasteiger partial charge in [-0.2, -0.15) is 4.98 Å². The summed E-state index contributed by atoms with van der Waals surface area (Å²) in [6, 6.07) is 12.5. The van der Waals surface area contributed by atoms with Gasteiger partial charge in [0.05, 0.1) is 12.7 Å². The lowest BCUT2D eigenvalue weighted by molar-refractivity contribution is 0.0696. The van der Waals surface area contributed by atoms with E-state index in [-0.39, 0.29) is 18.2 Å². The number of anilines is 1. The second-order valence-corrected chi connectivity index (χ2v) is 9.62. The van der Waals surface area contributed by atoms with Gasteiger partial charge in [0.15, 0.2) is 0 Å². The summed E-state index contributed by atoms with van der Waals surface area (Å²) >= 11 is 1.21. The Labute approximate surface area is 210 Å². The topological polar surface area (TPSA) is 120 Å². The first-order valence-electron chi connectivity index (χ1n) is 11.4. The van der Waals surface area contributed by atoms with Gasteiger partial charge in [0.1, 0.15) is 12.3 Å². The molecule has 3 aromatic rings. The van der Waals surface area contributed by atoms with E-state index in [1.54, 1.807) is 25.3 Å². The third-order valence-electron chi connectivity index (χ3n) is 5.31. The molecule has 1 heterocycles. The minimum absolute atomic E-state index is 0.150. The standard InChI is InChI=1S/C26H32N4O4S/c1-15(2)12-19(27)14-34-24-23(33-5)22(21-16(3)8-6-9-17(21)4)28-26(29-24)30-35-20-11-7-10-18(13-20)25(31)32/h6-11,13,15,19H,12,14,27H2,1-5H3,(H,31,32)(H,28,29,30). The summed E-state index contributed by atoms with van der Waals surface area (Å²) in [6.07, 6.45) is 0.817. The van der Waals surface area contributed by atoms with Crippen LogP contribution in [0.5, 0.6) is 11.6 Å². The van der Waals surface area contributed by atoms with Gasteiger partial charge >= 0.3 is 5.97 Å². The highest BCUT2D eigenvalue weighted by molar-refractivity contribution is 8.00. The van der Waals surface area contributed by atoms with Crippen molar-refractivity contribution in [2.45, 2.75) is 45.1 Å². The number of nitrogens with two attached hydrogens (primary N) is 1. The van der Waals surface area contributed by atoms with E-state index in [0.29, 0.717) is 34.1 Å². The summed E-state index contributed by atoms with van der Waals surface area (Å²) in [6.45, 7) is 8.54. The van der Waals surface area contributed by atoms with Gasteiger partial charge in [0.2, 0.25) is 11.7 Å². The number of nitrogens with zero attached hydrogens (tertiary/aromatic N) is 2. The van der Waals surface area contributed by atoms with Gasteiger partial charge in [-0.1, -0.05) is 38.1 Å². The van der Waals surface area contributed by atoms with Crippen LogP contribution in [-0.2, 0) is 0 Å². The molecule has 1 atom stereocenters. The first kappa shape index (κ1) is 26.3. The Hall–Kier alpha value is -3.30. The fraction of sp³-hybridized carbons (Fsp3) is 0.346. The molecule has 0 radical (unpaired) electrons. The predicted molar refractivity (Wildman–Crippen MR) is 139 cm³/mol. The molecular formula is C26H32N4O4S. The lowest BCUT2D eigenvalue weighted by Gasteiger charge is -2.19. The number of nitrogens with one attached hydrogen (secondary N) is 1. The number of rotatable bonds is 11. The monoisotopic (exact) mass is 496 g/mol. The number of aromatic nitrogens is 2. The van der Waals surface area contributed by atoms with Crippen LogP contribution in [0.15, 0.2) is 47.4 Å². The van der Waals surface area contributed by atoms with Crippen molar-refractivity contribution in [2.75, 3.05) is 18.4 Å². The molecule has 0 bridgehead atoms. The summed E-state index contributed by atoms with van der Waals surface area (Å²) in [5.41, 5.74) is 10.1. The average molecular weight is 497 g/mol. The summed E-state index contributed by atoms with van der Waals surface area (Å²) in [4.78, 5) is 21.3. The Morgan fingerprint density at radius 2 is 1.83 bits per heavy atom. The van der Waals surface area contributed by atoms with E-state index >= 15 is 0 Å². The van der Waals surface area contributed by atoms with E-state index in [1.807, 2.05) is 38.1 Å². The minimum Gasteiger partial charge on any atom is -0.490 e. The molecule has 35 heavy (non-hydrogen) atoms. The van der Waals surface area contributed by atoms with Gasteiger partial charge in [0, 0.05) is 16.5 Å². The molecule has 0 fully saturated rings. The van der Waals surface area contributed by atoms with Crippen LogP contribution < -0.4 is 19.9 Å². The molecule has 2 aromatic carbocycles. The average Bonchev–Trinajstić information content (AvgIpc) is 2.81. The number of aryl methyl sites for hydroxylation is 2. The minimum atomic E-state index is -0.987. The zero-order chi connectivity index (χ0) is 25.5. The largest absolute Gasteiger partial charge is 0.490 e. The fourth-order valence-electron chi connectivity index (χ4n) is 3.77. The Kier molecular flexibility index (Phi) is 8.95. The molecule has 0 amide bonds. The van der Waals surface area contributed by atoms with Gasteiger partial charge in [-0.15, -0.1) is 0 Å². The Morgan fingerprint density at radius 1 is 1.14 bits per heavy atom. The zero-order valence-electron chi connectivity index (χ0n) is 20.7. The van der Waals surface area contributed by atoms with Gasteiger partial charge in [-0.3, -0.25) is 4.72 Å². The second-order valence-electron chi connectivity index (χ2n) is 8.74. The van der Waals surface area contributed by atoms with Crippen LogP contribution in [0.2, 0.25) is 0 Å². The van der Waals surface area contributed by atoms with Crippen LogP contribution in [0.1, 0.15) is 41.8 Å². The number of carboxylic acids is 1. The summed E-state index contributed by atoms with van der Waals surface area (Å²) in [5.74, 6) is 0.492. The van der Waals surface area contributed by atoms with Crippen molar-refractivity contribution < 1.29 is 19.4 Å². The lowest BCUT2D eigenvalue weighted by Crippen LogP contribution is -2.29. The molecule has 3 rings (SSSR count). The van der Waals surface area contributed by atoms with Crippen molar-refractivity contribution in [2.24, 2.45) is 11.7 Å². The molecule has 0 aliphatic heterocycles. The zero-order valence-corrected chi connectivity index (χ0v) is 21.5. The highest BCUT2D eigenvalue weighted by Gasteiger charge is 2.22. The Morgan fingerprint density at radius 3 is 2.46 bits per heavy atom. The van der Waals surface area contributed by atoms with Crippen LogP contribution in [0.3, 0.4) is 0 Å². The first-order chi connectivity index (χ1) is 16.7. The maximum Gasteiger partial charge on any atom is 0.335 e. The predicted octanol–water partition coefficient (Wildman–Crippen LogP) is 5.34. The maximum absolute atomic E-state index is 11.3. The molecule has 0 aliphatic rings. The molecule has 1 aromatic heterocycles. The molecule has 0 saturated carbocycles. The molecule has 186 valence electrons. The molecule has 1 unspecified atom stereocenters. The summed E-state index contributed by atoms with van der Waals surface area (Å²) < 4.78 is 14.9. The van der Waals surface area contributed by atoms with Crippen molar-refractivity contribution in [3.63, 3.8) is 0 Å². The highest BCUT2D eigenvalue weighted by Crippen LogP contribution is 2.40. The van der Waals surface area contributed by atoms with E-state index in [2.05, 4.69) is 23.6 Å². The van der Waals surface area contributed by atoms with Crippen LogP contribution >= 0.6 is 11.9 Å². The maximum atomic E-state index is 11.3. The summed E-state index contributed by atoms with van der Waals surface area (Å²) in [7, 11) is 1.57. The third kappa shape index (κ3) is 6.86. The van der Waals surface area contributed by atoms with E-state index in [4.69, 9.17) is 20.2 Å². The van der Waals surface area contributed by atoms with Crippen LogP contribution in [-0.4, -0.2) is 40.8 Å². The van der Waals surface area contributed by atoms with Crippen molar-refractivity contribution in [3.8, 4) is 22.9 Å². The number of carbonyl (C=O) groups is 1. The Bertz CT molecular complexity index is 1170. The number of hydrogen-bond acceptors (Lipinski definition) is 8. The number of hydrogen-bond donors (Lipinski definition) is 3. The van der Waals surface area contributed by atoms with E-state index in [0.717, 1.165) is 23.1 Å². The van der Waals surface area contributed by atoms with Gasteiger partial charge in [-0.05, 0) is 67.5 Å². The molecule has 9 heteroatoms. The molecule has 0 spiro atoms. The van der Waals surface area contributed by atoms with Crippen molar-refractivity contribution in [1.82, 2.24) is 9.97 Å². The number of aromatic carboxylic acids is 1. The molecule has 0 aliphatic carbocycles. The number of carboxylic acid groups (broad SMARTS) is 1. The lowest BCUT2D eigenvalue weighted by atomic mass is 9.99. The van der Waals surface area contributed by atoms with Crippen molar-refractivity contribution in [1.29, 1.82) is 0 Å². The molecule has 0 saturated heterocycles. The van der Waals surface area contributed by atoms with E-state index in [9.17, 15) is 9.90 Å². The smallest absolute Gasteiger partial charge is 0.335 e. The Balaban J connectivity index is 1.99. The van der Waals surface area contributed by atoms with Crippen LogP contribution in [0.4, 0.5) is 5.95 Å². The van der Waals surface area contributed by atoms with Gasteiger partial charge < -0.3 is 20.3 Å². The van der Waals surface area contributed by atoms with Gasteiger partial charge in [0.25, 0.3) is 5.88 Å². The number of methoxy groups -OCH3 is 1. The number of benzene rings is 2. The van der Waals surface area contributed by atoms with Crippen LogP contribution in [0.25, 0.3) is 11.3 Å². The van der Waals surface area contributed by atoms with Crippen molar-refractivity contribution >= 4 is 23.9 Å². The van der Waals surface area contributed by atoms with E-state index < -0.39 is 5.97 Å². The quantitative estimate of drug-likeness (QED) is 0.302. The molecule has 8 nitrogen and oxygen atoms in total. The molecule has 4 N–H and O–H groups in total. The number of ether oxygens (including phenoxy) is 2. The first-order valence-corrected chi connectivity index (χ1v) is 12.2. The van der Waals surface area contributed by atoms with Crippen molar-refractivity contribution in [3.05, 3.63) is 59.2 Å². The van der Waals surface area contributed by atoms with Crippen LogP contribution in [0, 0.1) is 19.8 Å². The van der Waals surface area contributed by atoms with Gasteiger partial charge in [-0.25, -0.2) is 9.78 Å². The summed E-state index contributed by atoms with van der Waals surface area (Å²) in [5, 5.41) is 9.27. The van der Waals surface area contributed by atoms with E-state index in [1.165, 1.54) is 11.9 Å². The SMILES string of the molecule is COc1c(OCC(N)CC(C)C)nc(NSc2cccc(C(=O)O)c2)nc1-c1c(C)cccc1C. The highest BCUT2D eigenvalue weighted by atomic mass is 32.2.